The van der Waals surface area contributed by atoms with Crippen molar-refractivity contribution in [2.75, 3.05) is 5.32 Å². The fourth-order valence-corrected chi connectivity index (χ4v) is 2.44. The molecule has 0 saturated heterocycles. The average Bonchev–Trinajstić information content (AvgIpc) is 2.42. The SMILES string of the molecule is O=C(Nc1cnc(Cl)c(Br)c1)c1cc(Br)cc([N+](=O)[O-])c1. The van der Waals surface area contributed by atoms with Crippen LogP contribution >= 0.6 is 43.5 Å². The maximum absolute atomic E-state index is 12.1. The molecule has 0 aliphatic carbocycles. The first-order valence-corrected chi connectivity index (χ1v) is 7.40. The second-order valence-electron chi connectivity index (χ2n) is 3.91. The molecule has 1 aromatic heterocycles. The quantitative estimate of drug-likeness (QED) is 0.439. The Kier molecular flexibility index (Phi) is 4.92. The van der Waals surface area contributed by atoms with Gasteiger partial charge in [-0.15, -0.1) is 0 Å². The number of hydrogen-bond acceptors (Lipinski definition) is 4. The average molecular weight is 435 g/mol. The maximum Gasteiger partial charge on any atom is 0.271 e. The van der Waals surface area contributed by atoms with E-state index in [-0.39, 0.29) is 16.4 Å². The van der Waals surface area contributed by atoms with Gasteiger partial charge in [-0.25, -0.2) is 4.98 Å². The third kappa shape index (κ3) is 3.99. The van der Waals surface area contributed by atoms with Gasteiger partial charge in [-0.05, 0) is 28.1 Å². The Morgan fingerprint density at radius 3 is 2.62 bits per heavy atom. The molecule has 0 saturated carbocycles. The standard InChI is InChI=1S/C12H6Br2ClN3O3/c13-7-1-6(2-9(3-7)18(20)21)12(19)17-8-4-10(14)11(15)16-5-8/h1-5H,(H,17,19). The molecule has 1 aromatic carbocycles. The number of rotatable bonds is 3. The van der Waals surface area contributed by atoms with Crippen LogP contribution in [0.1, 0.15) is 10.4 Å². The summed E-state index contributed by atoms with van der Waals surface area (Å²) in [6, 6.07) is 5.58. The minimum Gasteiger partial charge on any atom is -0.321 e. The summed E-state index contributed by atoms with van der Waals surface area (Å²) in [5.41, 5.74) is 0.394. The summed E-state index contributed by atoms with van der Waals surface area (Å²) in [5, 5.41) is 13.6. The number of nitrogens with one attached hydrogen (secondary N) is 1. The Bertz CT molecular complexity index is 740. The number of carbonyl (C=O) groups excluding carboxylic acids is 1. The Morgan fingerprint density at radius 1 is 1.29 bits per heavy atom. The van der Waals surface area contributed by atoms with Gasteiger partial charge >= 0.3 is 0 Å². The number of amides is 1. The molecule has 1 amide bonds. The number of hydrogen-bond donors (Lipinski definition) is 1. The van der Waals surface area contributed by atoms with Gasteiger partial charge in [0, 0.05) is 22.2 Å². The van der Waals surface area contributed by atoms with Gasteiger partial charge in [-0.3, -0.25) is 14.9 Å². The Hall–Kier alpha value is -1.51. The molecule has 0 unspecified atom stereocenters. The van der Waals surface area contributed by atoms with E-state index in [0.29, 0.717) is 14.6 Å². The van der Waals surface area contributed by atoms with Crippen molar-refractivity contribution in [1.82, 2.24) is 4.98 Å². The van der Waals surface area contributed by atoms with Crippen LogP contribution in [-0.2, 0) is 0 Å². The second kappa shape index (κ2) is 6.50. The third-order valence-corrected chi connectivity index (χ3v) is 4.00. The summed E-state index contributed by atoms with van der Waals surface area (Å²) in [4.78, 5) is 26.2. The van der Waals surface area contributed by atoms with E-state index in [1.54, 1.807) is 6.07 Å². The van der Waals surface area contributed by atoms with Gasteiger partial charge in [0.2, 0.25) is 0 Å². The lowest BCUT2D eigenvalue weighted by atomic mass is 10.2. The van der Waals surface area contributed by atoms with Gasteiger partial charge in [-0.1, -0.05) is 27.5 Å². The van der Waals surface area contributed by atoms with Gasteiger partial charge in [0.25, 0.3) is 11.6 Å². The molecule has 0 atom stereocenters. The van der Waals surface area contributed by atoms with Crippen molar-refractivity contribution < 1.29 is 9.72 Å². The zero-order valence-electron chi connectivity index (χ0n) is 10.1. The molecule has 0 spiro atoms. The molecule has 1 heterocycles. The zero-order chi connectivity index (χ0) is 15.6. The van der Waals surface area contributed by atoms with E-state index in [9.17, 15) is 14.9 Å². The smallest absolute Gasteiger partial charge is 0.271 e. The Labute approximate surface area is 140 Å². The summed E-state index contributed by atoms with van der Waals surface area (Å²) in [6.45, 7) is 0. The zero-order valence-corrected chi connectivity index (χ0v) is 14.1. The van der Waals surface area contributed by atoms with Crippen LogP contribution < -0.4 is 5.32 Å². The minimum absolute atomic E-state index is 0.155. The lowest BCUT2D eigenvalue weighted by Crippen LogP contribution is -2.12. The first-order valence-electron chi connectivity index (χ1n) is 5.44. The maximum atomic E-state index is 12.1. The van der Waals surface area contributed by atoms with E-state index in [1.807, 2.05) is 0 Å². The highest BCUT2D eigenvalue weighted by Crippen LogP contribution is 2.25. The molecule has 1 N–H and O–H groups in total. The number of anilines is 1. The summed E-state index contributed by atoms with van der Waals surface area (Å²) < 4.78 is 0.972. The lowest BCUT2D eigenvalue weighted by Gasteiger charge is -2.06. The normalized spacial score (nSPS) is 10.2. The highest BCUT2D eigenvalue weighted by atomic mass is 79.9. The van der Waals surface area contributed by atoms with Crippen LogP contribution in [0.25, 0.3) is 0 Å². The highest BCUT2D eigenvalue weighted by Gasteiger charge is 2.14. The number of aromatic nitrogens is 1. The number of carbonyl (C=O) groups is 1. The molecule has 0 radical (unpaired) electrons. The van der Waals surface area contributed by atoms with Crippen molar-refractivity contribution in [1.29, 1.82) is 0 Å². The van der Waals surface area contributed by atoms with Crippen LogP contribution in [0.5, 0.6) is 0 Å². The van der Waals surface area contributed by atoms with E-state index in [1.165, 1.54) is 24.4 Å². The number of nitro benzene ring substituents is 1. The van der Waals surface area contributed by atoms with E-state index in [4.69, 9.17) is 11.6 Å². The highest BCUT2D eigenvalue weighted by molar-refractivity contribution is 9.10. The molecular formula is C12H6Br2ClN3O3. The van der Waals surface area contributed by atoms with Crippen LogP contribution in [0.2, 0.25) is 5.15 Å². The molecular weight excluding hydrogens is 429 g/mol. The van der Waals surface area contributed by atoms with Crippen LogP contribution in [-0.4, -0.2) is 15.8 Å². The van der Waals surface area contributed by atoms with Crippen LogP contribution in [0.3, 0.4) is 0 Å². The Morgan fingerprint density at radius 2 is 2.00 bits per heavy atom. The van der Waals surface area contributed by atoms with Gasteiger partial charge in [0.05, 0.1) is 21.3 Å². The van der Waals surface area contributed by atoms with Crippen LogP contribution in [0.15, 0.2) is 39.4 Å². The summed E-state index contributed by atoms with van der Waals surface area (Å²) in [7, 11) is 0. The third-order valence-electron chi connectivity index (χ3n) is 2.41. The van der Waals surface area contributed by atoms with Crippen molar-refractivity contribution in [2.45, 2.75) is 0 Å². The molecule has 2 rings (SSSR count). The molecule has 0 aliphatic rings. The van der Waals surface area contributed by atoms with E-state index in [2.05, 4.69) is 42.2 Å². The molecule has 21 heavy (non-hydrogen) atoms. The predicted molar refractivity (Wildman–Crippen MR) is 85.7 cm³/mol. The van der Waals surface area contributed by atoms with Crippen molar-refractivity contribution in [3.8, 4) is 0 Å². The fourth-order valence-electron chi connectivity index (χ4n) is 1.50. The van der Waals surface area contributed by atoms with E-state index < -0.39 is 10.8 Å². The van der Waals surface area contributed by atoms with E-state index in [0.717, 1.165) is 0 Å². The molecule has 108 valence electrons. The monoisotopic (exact) mass is 433 g/mol. The summed E-state index contributed by atoms with van der Waals surface area (Å²) >= 11 is 12.1. The molecule has 0 fully saturated rings. The first-order chi connectivity index (χ1) is 9.86. The fraction of sp³-hybridized carbons (Fsp3) is 0. The van der Waals surface area contributed by atoms with Gasteiger partial charge in [-0.2, -0.15) is 0 Å². The lowest BCUT2D eigenvalue weighted by molar-refractivity contribution is -0.384. The number of nitro groups is 1. The second-order valence-corrected chi connectivity index (χ2v) is 6.03. The summed E-state index contributed by atoms with van der Waals surface area (Å²) in [6.07, 6.45) is 1.39. The van der Waals surface area contributed by atoms with Gasteiger partial charge < -0.3 is 5.32 Å². The number of non-ortho nitro benzene ring substituents is 1. The van der Waals surface area contributed by atoms with Gasteiger partial charge in [0.15, 0.2) is 0 Å². The number of nitrogens with zero attached hydrogens (tertiary/aromatic N) is 2. The van der Waals surface area contributed by atoms with Crippen LogP contribution in [0.4, 0.5) is 11.4 Å². The molecule has 0 aliphatic heterocycles. The predicted octanol–water partition coefficient (Wildman–Crippen LogP) is 4.42. The van der Waals surface area contributed by atoms with Crippen molar-refractivity contribution in [3.63, 3.8) is 0 Å². The molecule has 2 aromatic rings. The van der Waals surface area contributed by atoms with Crippen molar-refractivity contribution in [2.24, 2.45) is 0 Å². The molecule has 9 heteroatoms. The number of halogens is 3. The van der Waals surface area contributed by atoms with E-state index >= 15 is 0 Å². The van der Waals surface area contributed by atoms with Gasteiger partial charge in [0.1, 0.15) is 5.15 Å². The first kappa shape index (κ1) is 15.9. The van der Waals surface area contributed by atoms with Crippen molar-refractivity contribution >= 4 is 60.7 Å². The topological polar surface area (TPSA) is 85.1 Å². The van der Waals surface area contributed by atoms with Crippen molar-refractivity contribution in [3.05, 3.63) is 60.2 Å². The number of pyridine rings is 1. The number of benzene rings is 1. The molecule has 6 nitrogen and oxygen atoms in total. The largest absolute Gasteiger partial charge is 0.321 e. The summed E-state index contributed by atoms with van der Waals surface area (Å²) in [5.74, 6) is -0.490. The van der Waals surface area contributed by atoms with Crippen LogP contribution in [0, 0.1) is 10.1 Å². The minimum atomic E-state index is -0.567. The Balaban J connectivity index is 2.27. The molecule has 0 bridgehead atoms.